The van der Waals surface area contributed by atoms with Crippen LogP contribution < -0.4 is 10.6 Å². The van der Waals surface area contributed by atoms with Gasteiger partial charge < -0.3 is 15.6 Å². The summed E-state index contributed by atoms with van der Waals surface area (Å²) in [5.74, 6) is 1.16. The smallest absolute Gasteiger partial charge is 0.225 e. The largest absolute Gasteiger partial charge is 0.378 e. The van der Waals surface area contributed by atoms with Gasteiger partial charge in [-0.3, -0.25) is 9.48 Å². The van der Waals surface area contributed by atoms with E-state index in [1.54, 1.807) is 17.1 Å². The second-order valence-electron chi connectivity index (χ2n) is 8.48. The second kappa shape index (κ2) is 7.12. The normalized spacial score (nSPS) is 24.8. The van der Waals surface area contributed by atoms with E-state index >= 15 is 0 Å². The van der Waals surface area contributed by atoms with Crippen molar-refractivity contribution in [2.45, 2.75) is 32.4 Å². The standard InChI is InChI=1S/C21H24ClN7O/c1-10(2)25-21(30)15-11-4-5-12(6-11)16(15)26-17-14(22)8-23-20-18(17)27-19(28-20)13-7-24-29(3)9-13/h4-5,7-12,15-16H,6H2,1-3H3,(H,25,30)(H2,23,26,27,28). The Morgan fingerprint density at radius 1 is 1.30 bits per heavy atom. The molecular formula is C21H24ClN7O. The molecule has 2 aliphatic carbocycles. The number of hydrogen-bond acceptors (Lipinski definition) is 5. The summed E-state index contributed by atoms with van der Waals surface area (Å²) in [5.41, 5.74) is 2.91. The van der Waals surface area contributed by atoms with E-state index in [4.69, 9.17) is 11.6 Å². The zero-order valence-electron chi connectivity index (χ0n) is 17.1. The monoisotopic (exact) mass is 425 g/mol. The molecule has 30 heavy (non-hydrogen) atoms. The van der Waals surface area contributed by atoms with Crippen molar-refractivity contribution in [3.63, 3.8) is 0 Å². The number of anilines is 1. The fourth-order valence-electron chi connectivity index (χ4n) is 4.68. The number of nitrogens with one attached hydrogen (secondary N) is 3. The summed E-state index contributed by atoms with van der Waals surface area (Å²) in [6.45, 7) is 3.97. The number of carbonyl (C=O) groups is 1. The molecule has 1 amide bonds. The molecule has 9 heteroatoms. The van der Waals surface area contributed by atoms with Crippen molar-refractivity contribution in [1.29, 1.82) is 0 Å². The number of imidazole rings is 1. The highest BCUT2D eigenvalue weighted by Crippen LogP contribution is 2.46. The lowest BCUT2D eigenvalue weighted by molar-refractivity contribution is -0.126. The van der Waals surface area contributed by atoms with Crippen molar-refractivity contribution in [1.82, 2.24) is 30.0 Å². The van der Waals surface area contributed by atoms with Crippen molar-refractivity contribution in [2.75, 3.05) is 5.32 Å². The highest BCUT2D eigenvalue weighted by atomic mass is 35.5. The molecule has 1 saturated carbocycles. The van der Waals surface area contributed by atoms with Crippen LogP contribution in [0.1, 0.15) is 20.3 Å². The third kappa shape index (κ3) is 3.15. The summed E-state index contributed by atoms with van der Waals surface area (Å²) in [7, 11) is 1.86. The summed E-state index contributed by atoms with van der Waals surface area (Å²) in [5, 5.41) is 11.4. The van der Waals surface area contributed by atoms with Crippen molar-refractivity contribution < 1.29 is 4.79 Å². The van der Waals surface area contributed by atoms with Crippen LogP contribution in [0.25, 0.3) is 22.6 Å². The van der Waals surface area contributed by atoms with Crippen LogP contribution in [-0.2, 0) is 11.8 Å². The first-order valence-corrected chi connectivity index (χ1v) is 10.6. The lowest BCUT2D eigenvalue weighted by atomic mass is 9.87. The van der Waals surface area contributed by atoms with Crippen molar-refractivity contribution in [3.05, 3.63) is 35.8 Å². The number of allylic oxidation sites excluding steroid dienone is 1. The van der Waals surface area contributed by atoms with E-state index in [0.29, 0.717) is 16.5 Å². The number of H-pyrrole nitrogens is 1. The maximum atomic E-state index is 12.9. The van der Waals surface area contributed by atoms with E-state index in [1.165, 1.54) is 0 Å². The average Bonchev–Trinajstić information content (AvgIpc) is 3.45. The predicted octanol–water partition coefficient (Wildman–Crippen LogP) is 3.14. The minimum absolute atomic E-state index is 0.0352. The zero-order chi connectivity index (χ0) is 21.0. The van der Waals surface area contributed by atoms with Crippen LogP contribution in [0, 0.1) is 17.8 Å². The van der Waals surface area contributed by atoms with Crippen LogP contribution in [0.4, 0.5) is 5.69 Å². The number of rotatable bonds is 5. The summed E-state index contributed by atoms with van der Waals surface area (Å²) < 4.78 is 1.72. The summed E-state index contributed by atoms with van der Waals surface area (Å²) in [6, 6.07) is 0.0686. The van der Waals surface area contributed by atoms with Crippen LogP contribution in [0.15, 0.2) is 30.7 Å². The number of hydrogen-bond donors (Lipinski definition) is 3. The van der Waals surface area contributed by atoms with E-state index in [0.717, 1.165) is 23.2 Å². The number of fused-ring (bicyclic) bond motifs is 3. The Morgan fingerprint density at radius 2 is 2.10 bits per heavy atom. The molecule has 5 rings (SSSR count). The number of aromatic amines is 1. The van der Waals surface area contributed by atoms with Gasteiger partial charge in [-0.1, -0.05) is 23.8 Å². The number of nitrogens with zero attached hydrogens (tertiary/aromatic N) is 4. The van der Waals surface area contributed by atoms with Gasteiger partial charge in [-0.2, -0.15) is 5.10 Å². The van der Waals surface area contributed by atoms with E-state index in [-0.39, 0.29) is 35.7 Å². The summed E-state index contributed by atoms with van der Waals surface area (Å²) in [6.07, 6.45) is 10.6. The Hall–Kier alpha value is -2.87. The molecule has 0 radical (unpaired) electrons. The molecule has 4 atom stereocenters. The van der Waals surface area contributed by atoms with E-state index in [1.807, 2.05) is 27.1 Å². The number of pyridine rings is 1. The molecule has 1 fully saturated rings. The van der Waals surface area contributed by atoms with Crippen LogP contribution in [0.2, 0.25) is 5.02 Å². The molecule has 0 aromatic carbocycles. The number of amides is 1. The molecule has 2 bridgehead atoms. The molecule has 8 nitrogen and oxygen atoms in total. The number of halogens is 1. The Kier molecular flexibility index (Phi) is 4.54. The SMILES string of the molecule is CC(C)NC(=O)C1C2C=CC(C2)C1Nc1c(Cl)cnc2nc(-c3cnn(C)c3)[nH]c12. The van der Waals surface area contributed by atoms with E-state index in [2.05, 4.69) is 42.8 Å². The fourth-order valence-corrected chi connectivity index (χ4v) is 4.88. The minimum atomic E-state index is -0.137. The number of aromatic nitrogens is 5. The highest BCUT2D eigenvalue weighted by molar-refractivity contribution is 6.34. The van der Waals surface area contributed by atoms with Gasteiger partial charge in [0.2, 0.25) is 5.91 Å². The van der Waals surface area contributed by atoms with Crippen molar-refractivity contribution in [2.24, 2.45) is 24.8 Å². The van der Waals surface area contributed by atoms with Crippen LogP contribution in [0.5, 0.6) is 0 Å². The maximum Gasteiger partial charge on any atom is 0.225 e. The molecule has 3 aromatic rings. The van der Waals surface area contributed by atoms with Crippen molar-refractivity contribution >= 4 is 34.4 Å². The van der Waals surface area contributed by atoms with Gasteiger partial charge in [-0.05, 0) is 32.1 Å². The molecular weight excluding hydrogens is 402 g/mol. The maximum absolute atomic E-state index is 12.9. The first-order chi connectivity index (χ1) is 14.4. The molecule has 156 valence electrons. The number of carbonyl (C=O) groups excluding carboxylic acids is 1. The molecule has 0 saturated heterocycles. The highest BCUT2D eigenvalue weighted by Gasteiger charge is 2.48. The van der Waals surface area contributed by atoms with Crippen LogP contribution >= 0.6 is 11.6 Å². The Morgan fingerprint density at radius 3 is 2.83 bits per heavy atom. The lowest BCUT2D eigenvalue weighted by Crippen LogP contribution is -2.45. The van der Waals surface area contributed by atoms with Gasteiger partial charge in [0, 0.05) is 25.3 Å². The molecule has 0 aliphatic heterocycles. The Bertz CT molecular complexity index is 1150. The van der Waals surface area contributed by atoms with E-state index < -0.39 is 0 Å². The van der Waals surface area contributed by atoms with Crippen molar-refractivity contribution in [3.8, 4) is 11.4 Å². The van der Waals surface area contributed by atoms with Gasteiger partial charge in [0.15, 0.2) is 5.65 Å². The van der Waals surface area contributed by atoms with Gasteiger partial charge >= 0.3 is 0 Å². The first kappa shape index (κ1) is 19.1. The van der Waals surface area contributed by atoms with Gasteiger partial charge in [-0.25, -0.2) is 9.97 Å². The van der Waals surface area contributed by atoms with Gasteiger partial charge in [-0.15, -0.1) is 0 Å². The third-order valence-corrected chi connectivity index (χ3v) is 6.24. The molecule has 3 heterocycles. The fraction of sp³-hybridized carbons (Fsp3) is 0.429. The van der Waals surface area contributed by atoms with Crippen LogP contribution in [-0.4, -0.2) is 42.7 Å². The molecule has 4 unspecified atom stereocenters. The number of aryl methyl sites for hydroxylation is 1. The Balaban J connectivity index is 1.51. The van der Waals surface area contributed by atoms with Gasteiger partial charge in [0.25, 0.3) is 0 Å². The average molecular weight is 426 g/mol. The third-order valence-electron chi connectivity index (χ3n) is 5.96. The summed E-state index contributed by atoms with van der Waals surface area (Å²) >= 11 is 6.55. The zero-order valence-corrected chi connectivity index (χ0v) is 17.8. The second-order valence-corrected chi connectivity index (χ2v) is 8.88. The predicted molar refractivity (Wildman–Crippen MR) is 116 cm³/mol. The molecule has 3 N–H and O–H groups in total. The minimum Gasteiger partial charge on any atom is -0.378 e. The van der Waals surface area contributed by atoms with Crippen LogP contribution in [0.3, 0.4) is 0 Å². The van der Waals surface area contributed by atoms with Gasteiger partial charge in [0.1, 0.15) is 11.3 Å². The molecule has 2 aliphatic rings. The van der Waals surface area contributed by atoms with Gasteiger partial charge in [0.05, 0.1) is 34.6 Å². The van der Waals surface area contributed by atoms with E-state index in [9.17, 15) is 4.79 Å². The quantitative estimate of drug-likeness (QED) is 0.545. The molecule has 3 aromatic heterocycles. The Labute approximate surface area is 179 Å². The first-order valence-electron chi connectivity index (χ1n) is 10.2. The lowest BCUT2D eigenvalue weighted by Gasteiger charge is -2.30. The topological polar surface area (TPSA) is 101 Å². The molecule has 0 spiro atoms. The summed E-state index contributed by atoms with van der Waals surface area (Å²) in [4.78, 5) is 25.2.